The standard InChI is InChI=1S/C22H26N6O/c1-15-18(14-25-28(15)3)22-17(12-21(29)27(22)2)13-24-19-9-10-23-20(26-19)11-16-7-5-4-6-8-16/h4-10,14,17,22H,11-13H2,1-3H3,(H,23,24,26)/t17-,22+/m0/s1. The Bertz CT molecular complexity index is 1000. The first-order chi connectivity index (χ1) is 14.0. The number of hydrogen-bond acceptors (Lipinski definition) is 5. The van der Waals surface area contributed by atoms with Crippen molar-refractivity contribution in [2.24, 2.45) is 13.0 Å². The van der Waals surface area contributed by atoms with Crippen LogP contribution in [0.1, 0.15) is 35.1 Å². The average molecular weight is 390 g/mol. The summed E-state index contributed by atoms with van der Waals surface area (Å²) < 4.78 is 1.86. The molecule has 3 heterocycles. The number of carbonyl (C=O) groups is 1. The number of rotatable bonds is 6. The minimum absolute atomic E-state index is 0.0225. The van der Waals surface area contributed by atoms with Crippen molar-refractivity contribution in [3.8, 4) is 0 Å². The maximum absolute atomic E-state index is 12.4. The molecule has 0 unspecified atom stereocenters. The molecule has 1 amide bonds. The molecule has 150 valence electrons. The van der Waals surface area contributed by atoms with Gasteiger partial charge < -0.3 is 10.2 Å². The Morgan fingerprint density at radius 3 is 2.69 bits per heavy atom. The zero-order valence-electron chi connectivity index (χ0n) is 17.0. The smallest absolute Gasteiger partial charge is 0.223 e. The van der Waals surface area contributed by atoms with Gasteiger partial charge in [0, 0.05) is 56.9 Å². The van der Waals surface area contributed by atoms with Crippen molar-refractivity contribution in [3.63, 3.8) is 0 Å². The summed E-state index contributed by atoms with van der Waals surface area (Å²) >= 11 is 0. The molecule has 1 fully saturated rings. The Morgan fingerprint density at radius 2 is 1.97 bits per heavy atom. The number of aryl methyl sites for hydroxylation is 1. The Balaban J connectivity index is 1.47. The molecular weight excluding hydrogens is 364 g/mol. The first-order valence-electron chi connectivity index (χ1n) is 9.87. The first kappa shape index (κ1) is 19.1. The molecule has 1 N–H and O–H groups in total. The van der Waals surface area contributed by atoms with Gasteiger partial charge in [-0.15, -0.1) is 0 Å². The van der Waals surface area contributed by atoms with E-state index in [1.165, 1.54) is 5.56 Å². The van der Waals surface area contributed by atoms with Crippen LogP contribution in [0.15, 0.2) is 48.8 Å². The average Bonchev–Trinajstić information content (AvgIpc) is 3.20. The third kappa shape index (κ3) is 3.99. The summed E-state index contributed by atoms with van der Waals surface area (Å²) in [6, 6.07) is 12.1. The molecule has 0 bridgehead atoms. The van der Waals surface area contributed by atoms with Gasteiger partial charge in [-0.2, -0.15) is 5.10 Å². The first-order valence-corrected chi connectivity index (χ1v) is 9.87. The summed E-state index contributed by atoms with van der Waals surface area (Å²) in [5.41, 5.74) is 3.38. The summed E-state index contributed by atoms with van der Waals surface area (Å²) in [5, 5.41) is 7.78. The van der Waals surface area contributed by atoms with Crippen molar-refractivity contribution >= 4 is 11.7 Å². The second-order valence-electron chi connectivity index (χ2n) is 7.62. The van der Waals surface area contributed by atoms with Crippen molar-refractivity contribution in [2.75, 3.05) is 18.9 Å². The van der Waals surface area contributed by atoms with Crippen LogP contribution in [-0.2, 0) is 18.3 Å². The number of nitrogens with one attached hydrogen (secondary N) is 1. The van der Waals surface area contributed by atoms with Gasteiger partial charge in [0.15, 0.2) is 0 Å². The highest BCUT2D eigenvalue weighted by atomic mass is 16.2. The van der Waals surface area contributed by atoms with Gasteiger partial charge in [-0.25, -0.2) is 9.97 Å². The van der Waals surface area contributed by atoms with Crippen LogP contribution in [0.2, 0.25) is 0 Å². The number of anilines is 1. The number of likely N-dealkylation sites (tertiary alicyclic amines) is 1. The number of hydrogen-bond donors (Lipinski definition) is 1. The molecule has 7 nitrogen and oxygen atoms in total. The highest BCUT2D eigenvalue weighted by molar-refractivity contribution is 5.79. The van der Waals surface area contributed by atoms with E-state index in [-0.39, 0.29) is 17.9 Å². The zero-order valence-corrected chi connectivity index (χ0v) is 17.0. The summed E-state index contributed by atoms with van der Waals surface area (Å²) in [4.78, 5) is 23.3. The molecule has 0 saturated carbocycles. The molecule has 3 aromatic rings. The van der Waals surface area contributed by atoms with Gasteiger partial charge in [0.05, 0.1) is 12.2 Å². The Labute approximate surface area is 170 Å². The fourth-order valence-electron chi connectivity index (χ4n) is 4.00. The summed E-state index contributed by atoms with van der Waals surface area (Å²) in [5.74, 6) is 1.88. The molecule has 1 aliphatic rings. The summed E-state index contributed by atoms with van der Waals surface area (Å²) in [6.45, 7) is 2.71. The molecule has 1 saturated heterocycles. The van der Waals surface area contributed by atoms with Crippen LogP contribution < -0.4 is 5.32 Å². The van der Waals surface area contributed by atoms with Gasteiger partial charge in [0.1, 0.15) is 11.6 Å². The second kappa shape index (κ2) is 8.03. The van der Waals surface area contributed by atoms with E-state index in [0.717, 1.165) is 22.9 Å². The Morgan fingerprint density at radius 1 is 1.17 bits per heavy atom. The lowest BCUT2D eigenvalue weighted by Gasteiger charge is -2.25. The zero-order chi connectivity index (χ0) is 20.4. The second-order valence-corrected chi connectivity index (χ2v) is 7.62. The number of carbonyl (C=O) groups excluding carboxylic acids is 1. The van der Waals surface area contributed by atoms with E-state index in [1.807, 2.05) is 61.1 Å². The summed E-state index contributed by atoms with van der Waals surface area (Å²) in [6.07, 6.45) is 4.87. The topological polar surface area (TPSA) is 75.9 Å². The van der Waals surface area contributed by atoms with Crippen LogP contribution in [0.3, 0.4) is 0 Å². The van der Waals surface area contributed by atoms with Gasteiger partial charge in [-0.1, -0.05) is 30.3 Å². The number of benzene rings is 1. The van der Waals surface area contributed by atoms with Gasteiger partial charge in [-0.05, 0) is 18.6 Å². The lowest BCUT2D eigenvalue weighted by atomic mass is 9.94. The largest absolute Gasteiger partial charge is 0.370 e. The van der Waals surface area contributed by atoms with Gasteiger partial charge in [0.2, 0.25) is 5.91 Å². The van der Waals surface area contributed by atoms with Crippen LogP contribution in [0.25, 0.3) is 0 Å². The fourth-order valence-corrected chi connectivity index (χ4v) is 4.00. The minimum atomic E-state index is 0.0225. The van der Waals surface area contributed by atoms with E-state index >= 15 is 0 Å². The number of amides is 1. The molecule has 1 aliphatic heterocycles. The highest BCUT2D eigenvalue weighted by Crippen LogP contribution is 2.38. The van der Waals surface area contributed by atoms with E-state index in [0.29, 0.717) is 19.4 Å². The third-order valence-corrected chi connectivity index (χ3v) is 5.74. The van der Waals surface area contributed by atoms with Crippen molar-refractivity contribution in [3.05, 3.63) is 71.4 Å². The van der Waals surface area contributed by atoms with Crippen molar-refractivity contribution in [1.29, 1.82) is 0 Å². The maximum atomic E-state index is 12.4. The molecule has 0 radical (unpaired) electrons. The van der Waals surface area contributed by atoms with Crippen molar-refractivity contribution < 1.29 is 4.79 Å². The van der Waals surface area contributed by atoms with Crippen LogP contribution in [0.4, 0.5) is 5.82 Å². The van der Waals surface area contributed by atoms with E-state index in [1.54, 1.807) is 6.20 Å². The maximum Gasteiger partial charge on any atom is 0.223 e. The molecule has 2 atom stereocenters. The van der Waals surface area contributed by atoms with Crippen molar-refractivity contribution in [1.82, 2.24) is 24.6 Å². The predicted molar refractivity (Wildman–Crippen MR) is 111 cm³/mol. The molecule has 4 rings (SSSR count). The SMILES string of the molecule is Cc1c([C@H]2[C@H](CNc3ccnc(Cc4ccccc4)n3)CC(=O)N2C)cnn1C. The lowest BCUT2D eigenvalue weighted by molar-refractivity contribution is -0.127. The van der Waals surface area contributed by atoms with Crippen LogP contribution in [0, 0.1) is 12.8 Å². The quantitative estimate of drug-likeness (QED) is 0.700. The normalized spacial score (nSPS) is 19.0. The van der Waals surface area contributed by atoms with E-state index in [9.17, 15) is 4.79 Å². The van der Waals surface area contributed by atoms with E-state index in [4.69, 9.17) is 0 Å². The molecule has 1 aromatic carbocycles. The van der Waals surface area contributed by atoms with Gasteiger partial charge in [-0.3, -0.25) is 9.48 Å². The summed E-state index contributed by atoms with van der Waals surface area (Å²) in [7, 11) is 3.81. The number of nitrogens with zero attached hydrogens (tertiary/aromatic N) is 5. The Kier molecular flexibility index (Phi) is 5.29. The highest BCUT2D eigenvalue weighted by Gasteiger charge is 2.39. The Hall–Kier alpha value is -3.22. The van der Waals surface area contributed by atoms with E-state index in [2.05, 4.69) is 32.5 Å². The minimum Gasteiger partial charge on any atom is -0.370 e. The lowest BCUT2D eigenvalue weighted by Crippen LogP contribution is -2.27. The monoisotopic (exact) mass is 390 g/mol. The van der Waals surface area contributed by atoms with E-state index < -0.39 is 0 Å². The van der Waals surface area contributed by atoms with Gasteiger partial charge in [0.25, 0.3) is 0 Å². The van der Waals surface area contributed by atoms with Crippen LogP contribution in [0.5, 0.6) is 0 Å². The molecule has 0 spiro atoms. The fraction of sp³-hybridized carbons (Fsp3) is 0.364. The third-order valence-electron chi connectivity index (χ3n) is 5.74. The van der Waals surface area contributed by atoms with Crippen LogP contribution >= 0.6 is 0 Å². The molecule has 29 heavy (non-hydrogen) atoms. The predicted octanol–water partition coefficient (Wildman–Crippen LogP) is 2.74. The molecular formula is C22H26N6O. The van der Waals surface area contributed by atoms with Crippen LogP contribution in [-0.4, -0.2) is 44.1 Å². The molecule has 0 aliphatic carbocycles. The molecule has 7 heteroatoms. The molecule has 2 aromatic heterocycles. The van der Waals surface area contributed by atoms with Crippen molar-refractivity contribution in [2.45, 2.75) is 25.8 Å². The van der Waals surface area contributed by atoms with Gasteiger partial charge >= 0.3 is 0 Å². The number of aromatic nitrogens is 4.